The maximum absolute atomic E-state index is 6.39. The zero-order valence-electron chi connectivity index (χ0n) is 9.97. The van der Waals surface area contributed by atoms with Gasteiger partial charge in [-0.25, -0.2) is 0 Å². The van der Waals surface area contributed by atoms with Gasteiger partial charge in [-0.1, -0.05) is 17.7 Å². The second-order valence-electron chi connectivity index (χ2n) is 4.91. The normalized spacial score (nSPS) is 24.4. The van der Waals surface area contributed by atoms with Gasteiger partial charge in [-0.2, -0.15) is 0 Å². The fourth-order valence-corrected chi connectivity index (χ4v) is 3.14. The number of nitrogens with one attached hydrogen (secondary N) is 1. The summed E-state index contributed by atoms with van der Waals surface area (Å²) < 4.78 is 5.79. The number of aryl methyl sites for hydroxylation is 1. The molecule has 0 bridgehead atoms. The largest absolute Gasteiger partial charge is 0.371 e. The van der Waals surface area contributed by atoms with E-state index in [1.165, 1.54) is 36.0 Å². The highest BCUT2D eigenvalue weighted by Crippen LogP contribution is 2.32. The minimum Gasteiger partial charge on any atom is -0.371 e. The van der Waals surface area contributed by atoms with Gasteiger partial charge in [0.2, 0.25) is 0 Å². The van der Waals surface area contributed by atoms with Crippen LogP contribution < -0.4 is 5.32 Å². The van der Waals surface area contributed by atoms with Crippen molar-refractivity contribution >= 4 is 11.6 Å². The van der Waals surface area contributed by atoms with E-state index in [1.54, 1.807) is 0 Å². The van der Waals surface area contributed by atoms with Gasteiger partial charge in [0.05, 0.1) is 12.7 Å². The van der Waals surface area contributed by atoms with Crippen LogP contribution in [0.1, 0.15) is 35.6 Å². The Hall–Kier alpha value is -0.570. The van der Waals surface area contributed by atoms with Crippen molar-refractivity contribution in [1.29, 1.82) is 0 Å². The van der Waals surface area contributed by atoms with Crippen LogP contribution in [0, 0.1) is 0 Å². The first-order chi connectivity index (χ1) is 8.34. The summed E-state index contributed by atoms with van der Waals surface area (Å²) in [4.78, 5) is 0. The molecule has 1 heterocycles. The fraction of sp³-hybridized carbons (Fsp3) is 0.571. The summed E-state index contributed by atoms with van der Waals surface area (Å²) in [6.45, 7) is 2.64. The van der Waals surface area contributed by atoms with Gasteiger partial charge >= 0.3 is 0 Å². The van der Waals surface area contributed by atoms with Crippen LogP contribution in [0.15, 0.2) is 12.1 Å². The predicted molar refractivity (Wildman–Crippen MR) is 69.7 cm³/mol. The monoisotopic (exact) mass is 251 g/mol. The molecule has 1 fully saturated rings. The van der Waals surface area contributed by atoms with Crippen molar-refractivity contribution < 1.29 is 4.74 Å². The molecule has 1 aliphatic carbocycles. The molecule has 2 nitrogen and oxygen atoms in total. The van der Waals surface area contributed by atoms with Crippen LogP contribution in [0.4, 0.5) is 0 Å². The third kappa shape index (κ3) is 2.35. The molecular formula is C14H18ClNO. The van der Waals surface area contributed by atoms with Crippen LogP contribution in [0.3, 0.4) is 0 Å². The lowest BCUT2D eigenvalue weighted by molar-refractivity contribution is 0.0276. The number of benzene rings is 1. The van der Waals surface area contributed by atoms with Gasteiger partial charge in [0.15, 0.2) is 0 Å². The van der Waals surface area contributed by atoms with Gasteiger partial charge in [0.25, 0.3) is 0 Å². The van der Waals surface area contributed by atoms with E-state index in [2.05, 4.69) is 17.4 Å². The Kier molecular flexibility index (Phi) is 3.37. The summed E-state index contributed by atoms with van der Waals surface area (Å²) in [5.41, 5.74) is 4.04. The van der Waals surface area contributed by atoms with Crippen LogP contribution in [0.5, 0.6) is 0 Å². The molecule has 1 saturated heterocycles. The molecule has 0 saturated carbocycles. The molecule has 17 heavy (non-hydrogen) atoms. The van der Waals surface area contributed by atoms with Crippen molar-refractivity contribution in [2.75, 3.05) is 19.7 Å². The lowest BCUT2D eigenvalue weighted by atomic mass is 9.89. The first-order valence-electron chi connectivity index (χ1n) is 6.48. The molecule has 0 amide bonds. The topological polar surface area (TPSA) is 21.3 Å². The summed E-state index contributed by atoms with van der Waals surface area (Å²) in [5.74, 6) is 0. The van der Waals surface area contributed by atoms with Crippen molar-refractivity contribution in [2.24, 2.45) is 0 Å². The SMILES string of the molecule is Clc1cc(C2CNCCO2)cc2c1CCCC2. The third-order valence-electron chi connectivity index (χ3n) is 3.73. The van der Waals surface area contributed by atoms with Crippen LogP contribution in [-0.4, -0.2) is 19.7 Å². The summed E-state index contributed by atoms with van der Waals surface area (Å²) in [7, 11) is 0. The van der Waals surface area contributed by atoms with Crippen molar-refractivity contribution in [1.82, 2.24) is 5.32 Å². The maximum Gasteiger partial charge on any atom is 0.0950 e. The number of halogens is 1. The Bertz CT molecular complexity index is 413. The Morgan fingerprint density at radius 1 is 1.24 bits per heavy atom. The molecule has 3 heteroatoms. The first kappa shape index (κ1) is 11.5. The zero-order chi connectivity index (χ0) is 11.7. The first-order valence-corrected chi connectivity index (χ1v) is 6.86. The molecule has 0 aromatic heterocycles. The van der Waals surface area contributed by atoms with Gasteiger partial charge in [0, 0.05) is 18.1 Å². The molecule has 0 spiro atoms. The lowest BCUT2D eigenvalue weighted by Crippen LogP contribution is -2.33. The van der Waals surface area contributed by atoms with E-state index in [9.17, 15) is 0 Å². The van der Waals surface area contributed by atoms with Gasteiger partial charge < -0.3 is 10.1 Å². The molecule has 1 atom stereocenters. The van der Waals surface area contributed by atoms with Crippen molar-refractivity contribution in [3.63, 3.8) is 0 Å². The number of hydrogen-bond acceptors (Lipinski definition) is 2. The summed E-state index contributed by atoms with van der Waals surface area (Å²) in [6.07, 6.45) is 5.04. The highest BCUT2D eigenvalue weighted by molar-refractivity contribution is 6.31. The molecule has 0 radical (unpaired) electrons. The average Bonchev–Trinajstić information content (AvgIpc) is 2.40. The van der Waals surface area contributed by atoms with Gasteiger partial charge in [0.1, 0.15) is 0 Å². The quantitative estimate of drug-likeness (QED) is 0.829. The summed E-state index contributed by atoms with van der Waals surface area (Å²) in [6, 6.07) is 4.40. The molecule has 3 rings (SSSR count). The van der Waals surface area contributed by atoms with Crippen LogP contribution in [0.25, 0.3) is 0 Å². The highest BCUT2D eigenvalue weighted by Gasteiger charge is 2.20. The molecule has 92 valence electrons. The van der Waals surface area contributed by atoms with Gasteiger partial charge in [-0.3, -0.25) is 0 Å². The summed E-state index contributed by atoms with van der Waals surface area (Å²) >= 11 is 6.39. The smallest absolute Gasteiger partial charge is 0.0950 e. The highest BCUT2D eigenvalue weighted by atomic mass is 35.5. The zero-order valence-corrected chi connectivity index (χ0v) is 10.7. The molecule has 1 aromatic rings. The Labute approximate surface area is 107 Å². The summed E-state index contributed by atoms with van der Waals surface area (Å²) in [5, 5.41) is 4.30. The fourth-order valence-electron chi connectivity index (χ4n) is 2.80. The molecule has 1 N–H and O–H groups in total. The minimum absolute atomic E-state index is 0.175. The van der Waals surface area contributed by atoms with E-state index in [0.717, 1.165) is 31.1 Å². The lowest BCUT2D eigenvalue weighted by Gasteiger charge is -2.26. The number of morpholine rings is 1. The van der Waals surface area contributed by atoms with E-state index in [1.807, 2.05) is 0 Å². The third-order valence-corrected chi connectivity index (χ3v) is 4.07. The van der Waals surface area contributed by atoms with Crippen LogP contribution >= 0.6 is 11.6 Å². The van der Waals surface area contributed by atoms with Crippen molar-refractivity contribution in [2.45, 2.75) is 31.8 Å². The number of rotatable bonds is 1. The minimum atomic E-state index is 0.175. The molecular weight excluding hydrogens is 234 g/mol. The van der Waals surface area contributed by atoms with E-state index >= 15 is 0 Å². The molecule has 1 aromatic carbocycles. The van der Waals surface area contributed by atoms with E-state index in [4.69, 9.17) is 16.3 Å². The van der Waals surface area contributed by atoms with E-state index in [0.29, 0.717) is 0 Å². The van der Waals surface area contributed by atoms with Crippen LogP contribution in [-0.2, 0) is 17.6 Å². The van der Waals surface area contributed by atoms with Gasteiger partial charge in [-0.15, -0.1) is 0 Å². The molecule has 1 unspecified atom stereocenters. The molecule has 2 aliphatic rings. The Morgan fingerprint density at radius 2 is 2.12 bits per heavy atom. The van der Waals surface area contributed by atoms with E-state index < -0.39 is 0 Å². The van der Waals surface area contributed by atoms with Gasteiger partial charge in [-0.05, 0) is 48.4 Å². The Balaban J connectivity index is 1.92. The average molecular weight is 252 g/mol. The van der Waals surface area contributed by atoms with Crippen LogP contribution in [0.2, 0.25) is 5.02 Å². The standard InChI is InChI=1S/C14H18ClNO/c15-13-8-11(14-9-16-5-6-17-14)7-10-3-1-2-4-12(10)13/h7-8,14,16H,1-6,9H2. The second-order valence-corrected chi connectivity index (χ2v) is 5.32. The number of ether oxygens (including phenoxy) is 1. The van der Waals surface area contributed by atoms with E-state index in [-0.39, 0.29) is 6.10 Å². The number of hydrogen-bond donors (Lipinski definition) is 1. The molecule has 1 aliphatic heterocycles. The Morgan fingerprint density at radius 3 is 2.94 bits per heavy atom. The second kappa shape index (κ2) is 4.97. The van der Waals surface area contributed by atoms with Crippen molar-refractivity contribution in [3.05, 3.63) is 33.8 Å². The number of fused-ring (bicyclic) bond motifs is 1. The predicted octanol–water partition coefficient (Wildman–Crippen LogP) is 2.88. The van der Waals surface area contributed by atoms with Crippen molar-refractivity contribution in [3.8, 4) is 0 Å². The maximum atomic E-state index is 6.39.